The van der Waals surface area contributed by atoms with Crippen LogP contribution < -0.4 is 5.32 Å². The average molecular weight is 247 g/mol. The summed E-state index contributed by atoms with van der Waals surface area (Å²) in [6.07, 6.45) is 7.19. The molecule has 1 fully saturated rings. The molecule has 1 aromatic rings. The molecule has 0 bridgehead atoms. The van der Waals surface area contributed by atoms with Gasteiger partial charge < -0.3 is 5.32 Å². The molecule has 18 heavy (non-hydrogen) atoms. The molecular formula is C15H25N3. The van der Waals surface area contributed by atoms with Gasteiger partial charge in [0.15, 0.2) is 0 Å². The summed E-state index contributed by atoms with van der Waals surface area (Å²) in [5.41, 5.74) is 2.51. The first kappa shape index (κ1) is 13.3. The van der Waals surface area contributed by atoms with Gasteiger partial charge in [-0.1, -0.05) is 20.3 Å². The van der Waals surface area contributed by atoms with Crippen molar-refractivity contribution in [1.29, 1.82) is 0 Å². The molecule has 1 aromatic heterocycles. The monoisotopic (exact) mass is 247 g/mol. The third kappa shape index (κ3) is 3.21. The second-order valence-corrected chi connectivity index (χ2v) is 5.31. The molecule has 1 heterocycles. The van der Waals surface area contributed by atoms with Gasteiger partial charge in [-0.3, -0.25) is 0 Å². The molecule has 3 nitrogen and oxygen atoms in total. The summed E-state index contributed by atoms with van der Waals surface area (Å²) in [4.78, 5) is 9.51. The first-order chi connectivity index (χ1) is 8.76. The van der Waals surface area contributed by atoms with Crippen LogP contribution in [0.5, 0.6) is 0 Å². The Kier molecular flexibility index (Phi) is 4.56. The average Bonchev–Trinajstić information content (AvgIpc) is 3.20. The Morgan fingerprint density at radius 1 is 1.17 bits per heavy atom. The van der Waals surface area contributed by atoms with E-state index in [1.807, 2.05) is 0 Å². The molecule has 3 heteroatoms. The van der Waals surface area contributed by atoms with Crippen molar-refractivity contribution in [2.24, 2.45) is 0 Å². The summed E-state index contributed by atoms with van der Waals surface area (Å²) in [7, 11) is 0. The highest BCUT2D eigenvalue weighted by Gasteiger charge is 2.28. The molecule has 0 aliphatic heterocycles. The molecule has 2 rings (SSSR count). The number of aryl methyl sites for hydroxylation is 1. The zero-order chi connectivity index (χ0) is 13.0. The van der Waals surface area contributed by atoms with Crippen molar-refractivity contribution in [2.45, 2.75) is 65.2 Å². The number of nitrogens with zero attached hydrogens (tertiary/aromatic N) is 2. The molecular weight excluding hydrogens is 222 g/mol. The van der Waals surface area contributed by atoms with Crippen LogP contribution in [0.15, 0.2) is 0 Å². The molecule has 1 saturated carbocycles. The highest BCUT2D eigenvalue weighted by Crippen LogP contribution is 2.39. The number of nitrogens with one attached hydrogen (secondary N) is 1. The van der Waals surface area contributed by atoms with Crippen LogP contribution in [0.25, 0.3) is 0 Å². The predicted molar refractivity (Wildman–Crippen MR) is 76.1 cm³/mol. The van der Waals surface area contributed by atoms with Crippen molar-refractivity contribution in [3.8, 4) is 0 Å². The standard InChI is InChI=1S/C15H25N3/c1-4-6-7-13-11(3)14(16-10-5-2)18-15(17-13)12-8-9-12/h12H,4-10H2,1-3H3,(H,16,17,18). The second-order valence-electron chi connectivity index (χ2n) is 5.31. The minimum absolute atomic E-state index is 0.633. The van der Waals surface area contributed by atoms with E-state index in [-0.39, 0.29) is 0 Å². The van der Waals surface area contributed by atoms with Crippen molar-refractivity contribution in [1.82, 2.24) is 9.97 Å². The van der Waals surface area contributed by atoms with Gasteiger partial charge in [0.2, 0.25) is 0 Å². The molecule has 0 unspecified atom stereocenters. The fourth-order valence-electron chi connectivity index (χ4n) is 2.11. The molecule has 1 N–H and O–H groups in total. The Morgan fingerprint density at radius 3 is 2.56 bits per heavy atom. The van der Waals surface area contributed by atoms with Crippen LogP contribution in [0.1, 0.15) is 69.0 Å². The lowest BCUT2D eigenvalue weighted by Gasteiger charge is -2.13. The second kappa shape index (κ2) is 6.17. The van der Waals surface area contributed by atoms with E-state index in [1.165, 1.54) is 36.9 Å². The van der Waals surface area contributed by atoms with Gasteiger partial charge in [0.25, 0.3) is 0 Å². The van der Waals surface area contributed by atoms with E-state index in [0.717, 1.165) is 31.0 Å². The first-order valence-electron chi connectivity index (χ1n) is 7.37. The van der Waals surface area contributed by atoms with Crippen LogP contribution >= 0.6 is 0 Å². The summed E-state index contributed by atoms with van der Waals surface area (Å²) in [6, 6.07) is 0. The van der Waals surface area contributed by atoms with E-state index in [2.05, 4.69) is 26.1 Å². The van der Waals surface area contributed by atoms with Gasteiger partial charge in [0.05, 0.1) is 0 Å². The zero-order valence-electron chi connectivity index (χ0n) is 11.9. The van der Waals surface area contributed by atoms with Crippen LogP contribution in [0.4, 0.5) is 5.82 Å². The smallest absolute Gasteiger partial charge is 0.134 e. The van der Waals surface area contributed by atoms with E-state index >= 15 is 0 Å². The van der Waals surface area contributed by atoms with Crippen molar-refractivity contribution in [3.63, 3.8) is 0 Å². The number of hydrogen-bond donors (Lipinski definition) is 1. The Morgan fingerprint density at radius 2 is 1.94 bits per heavy atom. The Balaban J connectivity index is 2.22. The topological polar surface area (TPSA) is 37.8 Å². The fraction of sp³-hybridized carbons (Fsp3) is 0.733. The van der Waals surface area contributed by atoms with Crippen molar-refractivity contribution in [2.75, 3.05) is 11.9 Å². The van der Waals surface area contributed by atoms with Crippen LogP contribution in [-0.2, 0) is 6.42 Å². The molecule has 0 amide bonds. The van der Waals surface area contributed by atoms with Crippen LogP contribution in [-0.4, -0.2) is 16.5 Å². The zero-order valence-corrected chi connectivity index (χ0v) is 11.9. The van der Waals surface area contributed by atoms with Gasteiger partial charge in [0.1, 0.15) is 11.6 Å². The van der Waals surface area contributed by atoms with Gasteiger partial charge in [-0.2, -0.15) is 0 Å². The first-order valence-corrected chi connectivity index (χ1v) is 7.37. The molecule has 0 spiro atoms. The largest absolute Gasteiger partial charge is 0.370 e. The van der Waals surface area contributed by atoms with Crippen LogP contribution in [0.2, 0.25) is 0 Å². The third-order valence-corrected chi connectivity index (χ3v) is 3.52. The summed E-state index contributed by atoms with van der Waals surface area (Å²) >= 11 is 0. The van der Waals surface area contributed by atoms with E-state index in [9.17, 15) is 0 Å². The lowest BCUT2D eigenvalue weighted by Crippen LogP contribution is -2.10. The van der Waals surface area contributed by atoms with Gasteiger partial charge >= 0.3 is 0 Å². The summed E-state index contributed by atoms with van der Waals surface area (Å²) in [5, 5.41) is 3.45. The molecule has 0 radical (unpaired) electrons. The number of aromatic nitrogens is 2. The molecule has 1 aliphatic carbocycles. The Labute approximate surface area is 110 Å². The molecule has 1 aliphatic rings. The summed E-state index contributed by atoms with van der Waals surface area (Å²) in [6.45, 7) is 7.56. The van der Waals surface area contributed by atoms with E-state index in [4.69, 9.17) is 9.97 Å². The maximum atomic E-state index is 4.79. The Bertz CT molecular complexity index is 368. The summed E-state index contributed by atoms with van der Waals surface area (Å²) < 4.78 is 0. The predicted octanol–water partition coefficient (Wildman–Crippen LogP) is 3.83. The fourth-order valence-corrected chi connectivity index (χ4v) is 2.11. The minimum atomic E-state index is 0.633. The normalized spacial score (nSPS) is 14.8. The Hall–Kier alpha value is -1.12. The highest BCUT2D eigenvalue weighted by atomic mass is 15.0. The quantitative estimate of drug-likeness (QED) is 0.795. The van der Waals surface area contributed by atoms with E-state index in [0.29, 0.717) is 5.92 Å². The summed E-state index contributed by atoms with van der Waals surface area (Å²) in [5.74, 6) is 2.78. The van der Waals surface area contributed by atoms with Gasteiger partial charge in [0, 0.05) is 23.7 Å². The molecule has 0 atom stereocenters. The molecule has 0 aromatic carbocycles. The van der Waals surface area contributed by atoms with Crippen molar-refractivity contribution < 1.29 is 0 Å². The van der Waals surface area contributed by atoms with E-state index < -0.39 is 0 Å². The maximum Gasteiger partial charge on any atom is 0.134 e. The molecule has 100 valence electrons. The van der Waals surface area contributed by atoms with E-state index in [1.54, 1.807) is 0 Å². The van der Waals surface area contributed by atoms with Gasteiger partial charge in [-0.15, -0.1) is 0 Å². The number of rotatable bonds is 7. The third-order valence-electron chi connectivity index (χ3n) is 3.52. The highest BCUT2D eigenvalue weighted by molar-refractivity contribution is 5.46. The van der Waals surface area contributed by atoms with Crippen molar-refractivity contribution in [3.05, 3.63) is 17.1 Å². The lowest BCUT2D eigenvalue weighted by atomic mass is 10.1. The minimum Gasteiger partial charge on any atom is -0.370 e. The van der Waals surface area contributed by atoms with Crippen molar-refractivity contribution >= 4 is 5.82 Å². The van der Waals surface area contributed by atoms with Crippen LogP contribution in [0.3, 0.4) is 0 Å². The van der Waals surface area contributed by atoms with Gasteiger partial charge in [-0.05, 0) is 39.0 Å². The lowest BCUT2D eigenvalue weighted by molar-refractivity contribution is 0.753. The SMILES string of the molecule is CCCCc1nc(C2CC2)nc(NCCC)c1C. The van der Waals surface area contributed by atoms with Gasteiger partial charge in [-0.25, -0.2) is 9.97 Å². The molecule has 0 saturated heterocycles. The van der Waals surface area contributed by atoms with Crippen LogP contribution in [0, 0.1) is 6.92 Å². The number of anilines is 1. The maximum absolute atomic E-state index is 4.79. The number of unbranched alkanes of at least 4 members (excludes halogenated alkanes) is 1. The number of hydrogen-bond acceptors (Lipinski definition) is 3.